The minimum atomic E-state index is -0.671. The fraction of sp³-hybridized carbons (Fsp3) is 0.308. The summed E-state index contributed by atoms with van der Waals surface area (Å²) in [4.78, 5) is 26.6. The lowest BCUT2D eigenvalue weighted by atomic mass is 9.97. The monoisotopic (exact) mass is 479 g/mol. The Morgan fingerprint density at radius 1 is 1.06 bits per heavy atom. The highest BCUT2D eigenvalue weighted by atomic mass is 35.5. The predicted molar refractivity (Wildman–Crippen MR) is 133 cm³/mol. The molecule has 5 rings (SSSR count). The molecule has 1 aliphatic heterocycles. The van der Waals surface area contributed by atoms with Crippen LogP contribution in [0.15, 0.2) is 52.1 Å². The Balaban J connectivity index is 2.01. The molecule has 1 atom stereocenters. The Labute approximate surface area is 201 Å². The van der Waals surface area contributed by atoms with Crippen molar-refractivity contribution >= 4 is 22.5 Å². The maximum absolute atomic E-state index is 13.6. The van der Waals surface area contributed by atoms with Gasteiger partial charge in [0.05, 0.1) is 34.4 Å². The molecule has 34 heavy (non-hydrogen) atoms. The molecule has 0 amide bonds. The lowest BCUT2D eigenvalue weighted by molar-refractivity contribution is -0.00799. The van der Waals surface area contributed by atoms with Gasteiger partial charge in [-0.3, -0.25) is 13.9 Å². The summed E-state index contributed by atoms with van der Waals surface area (Å²) in [6.45, 7) is 6.30. The molecule has 2 aromatic carbocycles. The predicted octanol–water partition coefficient (Wildman–Crippen LogP) is 4.23. The van der Waals surface area contributed by atoms with Gasteiger partial charge in [-0.1, -0.05) is 35.9 Å². The number of rotatable bonds is 2. The van der Waals surface area contributed by atoms with E-state index >= 15 is 0 Å². The van der Waals surface area contributed by atoms with Crippen molar-refractivity contribution in [2.24, 2.45) is 14.1 Å². The van der Waals surface area contributed by atoms with Crippen LogP contribution in [0.5, 0.6) is 5.75 Å². The summed E-state index contributed by atoms with van der Waals surface area (Å²) < 4.78 is 11.1. The summed E-state index contributed by atoms with van der Waals surface area (Å²) in [5, 5.41) is 11.8. The quantitative estimate of drug-likeness (QED) is 0.466. The molecule has 0 fully saturated rings. The molecule has 1 aliphatic rings. The maximum Gasteiger partial charge on any atom is 0.331 e. The van der Waals surface area contributed by atoms with Crippen molar-refractivity contribution in [2.75, 3.05) is 6.61 Å². The van der Waals surface area contributed by atoms with Crippen LogP contribution in [0.3, 0.4) is 0 Å². The second-order valence-corrected chi connectivity index (χ2v) is 10.0. The minimum Gasteiger partial charge on any atom is -0.508 e. The van der Waals surface area contributed by atoms with Crippen LogP contribution in [0.25, 0.3) is 22.2 Å². The number of aromatic nitrogens is 3. The molecule has 0 bridgehead atoms. The Morgan fingerprint density at radius 3 is 2.38 bits per heavy atom. The van der Waals surface area contributed by atoms with Gasteiger partial charge in [-0.25, -0.2) is 4.79 Å². The summed E-state index contributed by atoms with van der Waals surface area (Å²) in [7, 11) is 3.14. The molecule has 176 valence electrons. The average molecular weight is 480 g/mol. The molecule has 0 radical (unpaired) electrons. The molecule has 1 unspecified atom stereocenters. The van der Waals surface area contributed by atoms with Crippen molar-refractivity contribution in [1.82, 2.24) is 13.7 Å². The minimum absolute atomic E-state index is 0.104. The zero-order valence-electron chi connectivity index (χ0n) is 19.7. The van der Waals surface area contributed by atoms with Gasteiger partial charge in [0.15, 0.2) is 0 Å². The maximum atomic E-state index is 13.6. The van der Waals surface area contributed by atoms with Crippen molar-refractivity contribution in [1.29, 1.82) is 0 Å². The third kappa shape index (κ3) is 3.15. The van der Waals surface area contributed by atoms with Gasteiger partial charge in [0, 0.05) is 24.7 Å². The van der Waals surface area contributed by atoms with Crippen LogP contribution < -0.4 is 11.2 Å². The van der Waals surface area contributed by atoms with E-state index in [0.717, 1.165) is 15.7 Å². The van der Waals surface area contributed by atoms with Gasteiger partial charge in [0.25, 0.3) is 5.56 Å². The first kappa shape index (κ1) is 22.5. The first-order valence-electron chi connectivity index (χ1n) is 11.0. The van der Waals surface area contributed by atoms with Gasteiger partial charge in [0.1, 0.15) is 11.9 Å². The number of nitrogens with zero attached hydrogens (tertiary/aromatic N) is 3. The number of phenolic OH excluding ortho intramolecular Hbond substituents is 1. The lowest BCUT2D eigenvalue weighted by Crippen LogP contribution is -2.40. The van der Waals surface area contributed by atoms with E-state index in [2.05, 4.69) is 4.57 Å². The third-order valence-corrected chi connectivity index (χ3v) is 6.90. The van der Waals surface area contributed by atoms with Crippen LogP contribution >= 0.6 is 11.6 Å². The smallest absolute Gasteiger partial charge is 0.331 e. The van der Waals surface area contributed by atoms with E-state index in [9.17, 15) is 14.7 Å². The van der Waals surface area contributed by atoms with Crippen molar-refractivity contribution in [3.63, 3.8) is 0 Å². The molecule has 4 aromatic rings. The van der Waals surface area contributed by atoms with Gasteiger partial charge in [-0.2, -0.15) is 0 Å². The number of ether oxygens (including phenoxy) is 1. The molecule has 0 spiro atoms. The van der Waals surface area contributed by atoms with Gasteiger partial charge < -0.3 is 14.4 Å². The van der Waals surface area contributed by atoms with E-state index in [0.29, 0.717) is 39.5 Å². The number of phenols is 1. The number of aryl methyl sites for hydroxylation is 2. The second kappa shape index (κ2) is 7.61. The topological polar surface area (TPSA) is 78.4 Å². The van der Waals surface area contributed by atoms with Gasteiger partial charge in [-0.05, 0) is 50.1 Å². The molecule has 0 saturated heterocycles. The molecule has 2 aromatic heterocycles. The van der Waals surface area contributed by atoms with E-state index < -0.39 is 17.3 Å². The van der Waals surface area contributed by atoms with Crippen molar-refractivity contribution in [3.05, 3.63) is 85.1 Å². The van der Waals surface area contributed by atoms with Crippen LogP contribution in [-0.4, -0.2) is 25.4 Å². The average Bonchev–Trinajstić information content (AvgIpc) is 3.15. The van der Waals surface area contributed by atoms with Crippen LogP contribution in [-0.2, 0) is 24.4 Å². The highest BCUT2D eigenvalue weighted by Crippen LogP contribution is 2.47. The second-order valence-electron chi connectivity index (χ2n) is 9.57. The first-order valence-corrected chi connectivity index (χ1v) is 11.4. The van der Waals surface area contributed by atoms with Crippen LogP contribution in [0, 0.1) is 6.92 Å². The zero-order valence-corrected chi connectivity index (χ0v) is 20.5. The molecular formula is C26H26ClN3O4. The van der Waals surface area contributed by atoms with Gasteiger partial charge in [0.2, 0.25) is 0 Å². The fourth-order valence-electron chi connectivity index (χ4n) is 4.99. The van der Waals surface area contributed by atoms with E-state index in [1.807, 2.05) is 45.0 Å². The van der Waals surface area contributed by atoms with E-state index in [4.69, 9.17) is 16.3 Å². The Kier molecular flexibility index (Phi) is 5.04. The summed E-state index contributed by atoms with van der Waals surface area (Å²) in [6, 6.07) is 12.7. The van der Waals surface area contributed by atoms with E-state index in [1.54, 1.807) is 25.2 Å². The van der Waals surface area contributed by atoms with Crippen molar-refractivity contribution < 1.29 is 9.84 Å². The summed E-state index contributed by atoms with van der Waals surface area (Å²) in [5.41, 5.74) is 2.81. The summed E-state index contributed by atoms with van der Waals surface area (Å²) in [6.07, 6.45) is -0.671. The van der Waals surface area contributed by atoms with Crippen molar-refractivity contribution in [2.45, 2.75) is 32.4 Å². The molecule has 8 heteroatoms. The highest BCUT2D eigenvalue weighted by molar-refractivity contribution is 6.30. The number of hydrogen-bond acceptors (Lipinski definition) is 4. The standard InChI is InChI=1S/C26H26ClN3O4/c1-14-6-11-17(18(31)12-14)23-22-21-19(24(32)29(5)25(33)28(21)4)20(15-7-9-16(27)10-8-15)30(22)26(2,3)13-34-23/h6-12,23,31H,13H2,1-5H3. The largest absolute Gasteiger partial charge is 0.508 e. The molecule has 0 saturated carbocycles. The van der Waals surface area contributed by atoms with Crippen LogP contribution in [0.2, 0.25) is 5.02 Å². The number of hydrogen-bond donors (Lipinski definition) is 1. The summed E-state index contributed by atoms with van der Waals surface area (Å²) >= 11 is 6.16. The highest BCUT2D eigenvalue weighted by Gasteiger charge is 2.41. The molecular weight excluding hydrogens is 454 g/mol. The third-order valence-electron chi connectivity index (χ3n) is 6.65. The first-order chi connectivity index (χ1) is 16.0. The number of benzene rings is 2. The number of halogens is 1. The Bertz CT molecular complexity index is 1580. The molecule has 7 nitrogen and oxygen atoms in total. The van der Waals surface area contributed by atoms with Crippen LogP contribution in [0.4, 0.5) is 0 Å². The van der Waals surface area contributed by atoms with Gasteiger partial charge >= 0.3 is 5.69 Å². The number of aromatic hydroxyl groups is 1. The fourth-order valence-corrected chi connectivity index (χ4v) is 5.12. The molecule has 1 N–H and O–H groups in total. The SMILES string of the molecule is Cc1ccc(C2OCC(C)(C)n3c(-c4ccc(Cl)cc4)c4c(=O)n(C)c(=O)n(C)c4c32)c(O)c1. The van der Waals surface area contributed by atoms with Gasteiger partial charge in [-0.15, -0.1) is 0 Å². The Morgan fingerprint density at radius 2 is 1.74 bits per heavy atom. The van der Waals surface area contributed by atoms with E-state index in [1.165, 1.54) is 11.6 Å². The normalized spacial score (nSPS) is 17.2. The summed E-state index contributed by atoms with van der Waals surface area (Å²) in [5.74, 6) is 0.104. The molecule has 3 heterocycles. The lowest BCUT2D eigenvalue weighted by Gasteiger charge is -2.39. The van der Waals surface area contributed by atoms with Crippen molar-refractivity contribution in [3.8, 4) is 17.0 Å². The Hall–Kier alpha value is -3.29. The van der Waals surface area contributed by atoms with Crippen LogP contribution in [0.1, 0.15) is 36.8 Å². The molecule has 0 aliphatic carbocycles. The number of fused-ring (bicyclic) bond motifs is 3. The zero-order chi connectivity index (χ0) is 24.5. The van der Waals surface area contributed by atoms with E-state index in [-0.39, 0.29) is 11.3 Å².